The monoisotopic (exact) mass is 1000 g/mol. The standard InChI is InChI=1S/C58H60N6O10/c1-7-63-45-15-11-9-13-41(45)43-29-37(35-59-21-25-61(26-22-59)55(65)39-17-19-47(69-3)49(33-39)71-5)31-51(53(43)63)73-57(67)58(68)74-52-32-38(30-44-42-14-10-12-16-46(42)64(8-2)54(44)52)36-60-23-27-62(28-24-60)56(66)40-18-20-48(70-4)50(34-40)72-6/h9-20,29-34H,7-8,21-28,35-36H2,1-6H3. The number of aromatic nitrogens is 2. The Hall–Kier alpha value is -8.08. The van der Waals surface area contributed by atoms with Gasteiger partial charge in [0.15, 0.2) is 34.5 Å². The van der Waals surface area contributed by atoms with Gasteiger partial charge >= 0.3 is 11.9 Å². The maximum absolute atomic E-state index is 14.3. The van der Waals surface area contributed by atoms with E-state index in [0.29, 0.717) is 124 Å². The van der Waals surface area contributed by atoms with Crippen molar-refractivity contribution in [1.29, 1.82) is 0 Å². The molecule has 2 fully saturated rings. The lowest BCUT2D eigenvalue weighted by Gasteiger charge is -2.35. The van der Waals surface area contributed by atoms with Crippen LogP contribution in [0.5, 0.6) is 34.5 Å². The number of nitrogens with zero attached hydrogens (tertiary/aromatic N) is 6. The van der Waals surface area contributed by atoms with Gasteiger partial charge < -0.3 is 47.4 Å². The molecule has 6 aromatic carbocycles. The summed E-state index contributed by atoms with van der Waals surface area (Å²) in [4.78, 5) is 63.9. The molecule has 382 valence electrons. The number of aryl methyl sites for hydroxylation is 2. The van der Waals surface area contributed by atoms with E-state index in [9.17, 15) is 19.2 Å². The van der Waals surface area contributed by atoms with Crippen LogP contribution in [0.15, 0.2) is 109 Å². The van der Waals surface area contributed by atoms with Crippen LogP contribution < -0.4 is 28.4 Å². The van der Waals surface area contributed by atoms with E-state index in [1.54, 1.807) is 64.8 Å². The van der Waals surface area contributed by atoms with Gasteiger partial charge in [-0.15, -0.1) is 0 Å². The molecule has 0 saturated carbocycles. The number of rotatable bonds is 14. The molecule has 2 amide bonds. The number of para-hydroxylation sites is 2. The Bertz CT molecular complexity index is 3230. The number of piperazine rings is 2. The summed E-state index contributed by atoms with van der Waals surface area (Å²) in [7, 11) is 6.22. The summed E-state index contributed by atoms with van der Waals surface area (Å²) >= 11 is 0. The molecule has 0 spiro atoms. The number of methoxy groups -OCH3 is 4. The Morgan fingerprint density at radius 1 is 0.419 bits per heavy atom. The number of benzene rings is 6. The minimum absolute atomic E-state index is 0.0828. The van der Waals surface area contributed by atoms with E-state index in [1.165, 1.54) is 0 Å². The number of hydrogen-bond acceptors (Lipinski definition) is 12. The molecule has 2 aromatic heterocycles. The van der Waals surface area contributed by atoms with Crippen molar-refractivity contribution in [3.05, 3.63) is 131 Å². The molecule has 16 heteroatoms. The fourth-order valence-corrected chi connectivity index (χ4v) is 10.7. The quantitative estimate of drug-likeness (QED) is 0.0586. The van der Waals surface area contributed by atoms with Crippen molar-refractivity contribution in [2.45, 2.75) is 40.0 Å². The molecule has 2 aliphatic rings. The van der Waals surface area contributed by atoms with E-state index in [0.717, 1.165) is 43.7 Å². The molecule has 4 heterocycles. The van der Waals surface area contributed by atoms with Gasteiger partial charge in [0.25, 0.3) is 11.8 Å². The van der Waals surface area contributed by atoms with Crippen LogP contribution in [0.3, 0.4) is 0 Å². The second kappa shape index (κ2) is 21.2. The van der Waals surface area contributed by atoms with E-state index >= 15 is 0 Å². The Morgan fingerprint density at radius 2 is 0.797 bits per heavy atom. The van der Waals surface area contributed by atoms with Crippen LogP contribution in [0, 0.1) is 0 Å². The van der Waals surface area contributed by atoms with Gasteiger partial charge in [-0.1, -0.05) is 36.4 Å². The zero-order valence-corrected chi connectivity index (χ0v) is 42.6. The van der Waals surface area contributed by atoms with Gasteiger partial charge in [0.2, 0.25) is 0 Å². The van der Waals surface area contributed by atoms with Gasteiger partial charge in [-0.25, -0.2) is 9.59 Å². The highest BCUT2D eigenvalue weighted by molar-refractivity contribution is 6.31. The SMILES string of the molecule is CCn1c2ccccc2c2cc(CN3CCN(C(=O)c4ccc(OC)c(OC)c4)CC3)cc(OC(=O)C(=O)Oc3cc(CN4CCN(C(=O)c5ccc(OC)c(OC)c5)CC4)cc4c5ccccc5n(CC)c34)c21. The summed E-state index contributed by atoms with van der Waals surface area (Å²) < 4.78 is 38.2. The van der Waals surface area contributed by atoms with Crippen molar-refractivity contribution in [2.24, 2.45) is 0 Å². The van der Waals surface area contributed by atoms with Crippen LogP contribution in [0.1, 0.15) is 45.7 Å². The third-order valence-electron chi connectivity index (χ3n) is 14.4. The van der Waals surface area contributed by atoms with E-state index in [-0.39, 0.29) is 23.3 Å². The molecule has 10 rings (SSSR count). The van der Waals surface area contributed by atoms with Crippen molar-refractivity contribution in [2.75, 3.05) is 80.8 Å². The van der Waals surface area contributed by atoms with Crippen molar-refractivity contribution in [3.63, 3.8) is 0 Å². The predicted octanol–water partition coefficient (Wildman–Crippen LogP) is 8.40. The first-order valence-corrected chi connectivity index (χ1v) is 25.0. The molecule has 2 aliphatic heterocycles. The molecule has 74 heavy (non-hydrogen) atoms. The summed E-state index contributed by atoms with van der Waals surface area (Å²) in [5, 5.41) is 3.78. The van der Waals surface area contributed by atoms with Gasteiger partial charge in [-0.05, 0) is 97.8 Å². The highest BCUT2D eigenvalue weighted by atomic mass is 16.6. The topological polar surface area (TPSA) is 146 Å². The molecule has 0 radical (unpaired) electrons. The molecule has 0 N–H and O–H groups in total. The van der Waals surface area contributed by atoms with E-state index < -0.39 is 11.9 Å². The van der Waals surface area contributed by atoms with Gasteiger partial charge in [0.1, 0.15) is 0 Å². The highest BCUT2D eigenvalue weighted by Gasteiger charge is 2.29. The van der Waals surface area contributed by atoms with Crippen LogP contribution in [-0.4, -0.2) is 133 Å². The summed E-state index contributed by atoms with van der Waals surface area (Å²) in [6, 6.07) is 34.4. The van der Waals surface area contributed by atoms with Gasteiger partial charge in [0, 0.05) is 122 Å². The van der Waals surface area contributed by atoms with Gasteiger partial charge in [0.05, 0.1) is 39.5 Å². The largest absolute Gasteiger partial charge is 0.493 e. The highest BCUT2D eigenvalue weighted by Crippen LogP contribution is 2.39. The number of fused-ring (bicyclic) bond motifs is 6. The molecular formula is C58H60N6O10. The van der Waals surface area contributed by atoms with E-state index in [2.05, 4.69) is 43.2 Å². The molecule has 0 bridgehead atoms. The summed E-state index contributed by atoms with van der Waals surface area (Å²) in [6.07, 6.45) is 0. The predicted molar refractivity (Wildman–Crippen MR) is 283 cm³/mol. The van der Waals surface area contributed by atoms with Gasteiger partial charge in [-0.3, -0.25) is 19.4 Å². The maximum atomic E-state index is 14.3. The first-order valence-electron chi connectivity index (χ1n) is 25.0. The number of esters is 2. The minimum atomic E-state index is -1.15. The Balaban J connectivity index is 0.892. The maximum Gasteiger partial charge on any atom is 0.423 e. The van der Waals surface area contributed by atoms with Gasteiger partial charge in [-0.2, -0.15) is 0 Å². The van der Waals surface area contributed by atoms with Crippen molar-refractivity contribution in [3.8, 4) is 34.5 Å². The number of carbonyl (C=O) groups excluding carboxylic acids is 4. The smallest absolute Gasteiger partial charge is 0.423 e. The zero-order chi connectivity index (χ0) is 51.6. The lowest BCUT2D eigenvalue weighted by Crippen LogP contribution is -2.48. The first kappa shape index (κ1) is 49.5. The lowest BCUT2D eigenvalue weighted by atomic mass is 10.1. The van der Waals surface area contributed by atoms with Crippen molar-refractivity contribution < 1.29 is 47.6 Å². The summed E-state index contributed by atoms with van der Waals surface area (Å²) in [5.41, 5.74) is 6.17. The second-order valence-electron chi connectivity index (χ2n) is 18.6. The van der Waals surface area contributed by atoms with Crippen LogP contribution >= 0.6 is 0 Å². The van der Waals surface area contributed by atoms with E-state index in [1.807, 2.05) is 72.2 Å². The third-order valence-corrected chi connectivity index (χ3v) is 14.4. The first-order chi connectivity index (χ1) is 36.0. The Labute approximate surface area is 429 Å². The molecule has 2 saturated heterocycles. The molecular weight excluding hydrogens is 941 g/mol. The van der Waals surface area contributed by atoms with Crippen LogP contribution in [-0.2, 0) is 35.8 Å². The Kier molecular flexibility index (Phi) is 14.2. The molecule has 0 aliphatic carbocycles. The number of carbonyl (C=O) groups is 4. The molecule has 16 nitrogen and oxygen atoms in total. The zero-order valence-electron chi connectivity index (χ0n) is 42.6. The second-order valence-corrected chi connectivity index (χ2v) is 18.6. The van der Waals surface area contributed by atoms with Crippen LogP contribution in [0.25, 0.3) is 43.6 Å². The Morgan fingerprint density at radius 3 is 1.16 bits per heavy atom. The normalized spacial score (nSPS) is 14.5. The van der Waals surface area contributed by atoms with Crippen molar-refractivity contribution in [1.82, 2.24) is 28.7 Å². The minimum Gasteiger partial charge on any atom is -0.493 e. The average Bonchev–Trinajstić information content (AvgIpc) is 3.95. The number of hydrogen-bond donors (Lipinski definition) is 0. The fraction of sp³-hybridized carbons (Fsp3) is 0.310. The van der Waals surface area contributed by atoms with Crippen LogP contribution in [0.4, 0.5) is 0 Å². The summed E-state index contributed by atoms with van der Waals surface area (Å²) in [6.45, 7) is 10.8. The van der Waals surface area contributed by atoms with Crippen LogP contribution in [0.2, 0.25) is 0 Å². The fourth-order valence-electron chi connectivity index (χ4n) is 10.7. The molecule has 8 aromatic rings. The molecule has 0 atom stereocenters. The average molecular weight is 1000 g/mol. The summed E-state index contributed by atoms with van der Waals surface area (Å²) in [5.74, 6) is 0.155. The number of ether oxygens (including phenoxy) is 6. The lowest BCUT2D eigenvalue weighted by molar-refractivity contribution is -0.156. The number of amides is 2. The third kappa shape index (κ3) is 9.42. The molecule has 0 unspecified atom stereocenters. The van der Waals surface area contributed by atoms with Crippen molar-refractivity contribution >= 4 is 67.4 Å². The van der Waals surface area contributed by atoms with E-state index in [4.69, 9.17) is 28.4 Å².